The fourth-order valence-electron chi connectivity index (χ4n) is 5.36. The quantitative estimate of drug-likeness (QED) is 0.775. The minimum Gasteiger partial charge on any atom is -0.423 e. The molecule has 0 saturated carbocycles. The summed E-state index contributed by atoms with van der Waals surface area (Å²) in [5.41, 5.74) is 1.96. The summed E-state index contributed by atoms with van der Waals surface area (Å²) in [6, 6.07) is 8.00. The van der Waals surface area contributed by atoms with Crippen molar-refractivity contribution in [3.63, 3.8) is 0 Å². The Labute approximate surface area is 184 Å². The number of nitrogens with zero attached hydrogens (tertiary/aromatic N) is 3. The highest BCUT2D eigenvalue weighted by atomic mass is 35.5. The van der Waals surface area contributed by atoms with Gasteiger partial charge >= 0.3 is 0 Å². The van der Waals surface area contributed by atoms with Crippen molar-refractivity contribution in [2.45, 2.75) is 63.2 Å². The Hall–Kier alpha value is -1.83. The smallest absolute Gasteiger partial charge is 0.298 e. The number of piperazine rings is 1. The maximum Gasteiger partial charge on any atom is 0.298 e. The molecule has 2 bridgehead atoms. The fourth-order valence-corrected chi connectivity index (χ4v) is 5.36. The Balaban J connectivity index is 0.00000218. The maximum atomic E-state index is 13.1. The summed E-state index contributed by atoms with van der Waals surface area (Å²) >= 11 is 0. The number of rotatable bonds is 3. The lowest BCUT2D eigenvalue weighted by Gasteiger charge is -2.47. The van der Waals surface area contributed by atoms with Crippen LogP contribution in [-0.2, 0) is 0 Å². The van der Waals surface area contributed by atoms with Gasteiger partial charge in [-0.05, 0) is 51.8 Å². The average Bonchev–Trinajstić information content (AvgIpc) is 3.13. The van der Waals surface area contributed by atoms with Crippen molar-refractivity contribution in [3.05, 3.63) is 23.8 Å². The minimum absolute atomic E-state index is 0. The van der Waals surface area contributed by atoms with E-state index in [-0.39, 0.29) is 24.4 Å². The number of aromatic nitrogens is 1. The molecule has 4 heterocycles. The zero-order chi connectivity index (χ0) is 20.0. The number of piperidine rings is 2. The zero-order valence-electron chi connectivity index (χ0n) is 17.8. The standard InChI is InChI=1S/C22H31N5O2.ClH/c1-14-13-23-9-10-27(14)22-25-20-18(7-4-8-19(20)29-22)21(28)24-15-11-16-5-3-6-17(12-15)26(16)2;/h4,7-8,14-17,23H,3,5-6,9-13H2,1-2H3,(H,24,28);1H/t14-,15?,16?,17?;/m1./s1. The molecule has 1 amide bonds. The monoisotopic (exact) mass is 433 g/mol. The average molecular weight is 434 g/mol. The third-order valence-corrected chi connectivity index (χ3v) is 7.07. The van der Waals surface area contributed by atoms with Crippen LogP contribution >= 0.6 is 12.4 Å². The molecule has 3 fully saturated rings. The van der Waals surface area contributed by atoms with Crippen LogP contribution in [0.15, 0.2) is 22.6 Å². The first kappa shape index (κ1) is 21.4. The van der Waals surface area contributed by atoms with E-state index in [1.807, 2.05) is 18.2 Å². The van der Waals surface area contributed by atoms with Crippen LogP contribution < -0.4 is 15.5 Å². The molecule has 2 aromatic rings. The lowest BCUT2D eigenvalue weighted by Crippen LogP contribution is -2.55. The summed E-state index contributed by atoms with van der Waals surface area (Å²) in [4.78, 5) is 22.6. The first-order chi connectivity index (χ1) is 14.1. The SMILES string of the molecule is C[C@@H]1CNCCN1c1nc2c(C(=O)NC3CC4CCCC(C3)N4C)cccc2o1.Cl. The molecule has 7 nitrogen and oxygen atoms in total. The van der Waals surface area contributed by atoms with Gasteiger partial charge < -0.3 is 24.9 Å². The summed E-state index contributed by atoms with van der Waals surface area (Å²) in [6.07, 6.45) is 5.87. The first-order valence-corrected chi connectivity index (χ1v) is 11.0. The van der Waals surface area contributed by atoms with Gasteiger partial charge in [-0.15, -0.1) is 12.4 Å². The van der Waals surface area contributed by atoms with Gasteiger partial charge in [-0.1, -0.05) is 12.5 Å². The predicted octanol–water partition coefficient (Wildman–Crippen LogP) is 2.79. The predicted molar refractivity (Wildman–Crippen MR) is 121 cm³/mol. The number of carbonyl (C=O) groups excluding carboxylic acids is 1. The molecule has 5 rings (SSSR count). The molecule has 2 unspecified atom stereocenters. The van der Waals surface area contributed by atoms with Gasteiger partial charge in [0, 0.05) is 43.8 Å². The molecule has 0 aliphatic carbocycles. The van der Waals surface area contributed by atoms with E-state index in [0.717, 1.165) is 32.5 Å². The van der Waals surface area contributed by atoms with Gasteiger partial charge in [0.25, 0.3) is 11.9 Å². The van der Waals surface area contributed by atoms with Gasteiger partial charge in [0.2, 0.25) is 0 Å². The molecule has 1 aromatic carbocycles. The number of para-hydroxylation sites is 1. The third-order valence-electron chi connectivity index (χ3n) is 7.07. The van der Waals surface area contributed by atoms with Gasteiger partial charge in [0.1, 0.15) is 5.52 Å². The lowest BCUT2D eigenvalue weighted by molar-refractivity contribution is 0.0463. The van der Waals surface area contributed by atoms with Crippen molar-refractivity contribution in [3.8, 4) is 0 Å². The van der Waals surface area contributed by atoms with Crippen molar-refractivity contribution in [2.24, 2.45) is 0 Å². The van der Waals surface area contributed by atoms with Gasteiger partial charge in [-0.3, -0.25) is 4.79 Å². The summed E-state index contributed by atoms with van der Waals surface area (Å²) in [5.74, 6) is -0.0311. The second kappa shape index (κ2) is 8.73. The molecule has 0 radical (unpaired) electrons. The molecule has 30 heavy (non-hydrogen) atoms. The fraction of sp³-hybridized carbons (Fsp3) is 0.636. The molecule has 8 heteroatoms. The summed E-state index contributed by atoms with van der Waals surface area (Å²) < 4.78 is 6.03. The molecule has 3 aliphatic rings. The van der Waals surface area contributed by atoms with Crippen LogP contribution in [0.1, 0.15) is 49.4 Å². The molecular weight excluding hydrogens is 402 g/mol. The van der Waals surface area contributed by atoms with Crippen molar-refractivity contribution in [2.75, 3.05) is 31.6 Å². The Morgan fingerprint density at radius 2 is 2.03 bits per heavy atom. The molecular formula is C22H32ClN5O2. The first-order valence-electron chi connectivity index (χ1n) is 11.0. The second-order valence-electron chi connectivity index (χ2n) is 8.94. The Morgan fingerprint density at radius 3 is 2.77 bits per heavy atom. The maximum absolute atomic E-state index is 13.1. The topological polar surface area (TPSA) is 73.6 Å². The molecule has 2 N–H and O–H groups in total. The number of benzene rings is 1. The number of anilines is 1. The van der Waals surface area contributed by atoms with E-state index in [2.05, 4.69) is 34.4 Å². The summed E-state index contributed by atoms with van der Waals surface area (Å²) in [6.45, 7) is 4.83. The normalized spacial score (nSPS) is 29.5. The van der Waals surface area contributed by atoms with Crippen molar-refractivity contribution >= 4 is 35.4 Å². The van der Waals surface area contributed by atoms with E-state index in [4.69, 9.17) is 9.40 Å². The number of carbonyl (C=O) groups is 1. The highest BCUT2D eigenvalue weighted by Gasteiger charge is 2.36. The highest BCUT2D eigenvalue weighted by molar-refractivity contribution is 6.04. The van der Waals surface area contributed by atoms with Crippen LogP contribution in [0.5, 0.6) is 0 Å². The molecule has 3 atom stereocenters. The number of oxazole rings is 1. The number of hydrogen-bond acceptors (Lipinski definition) is 6. The Bertz CT molecular complexity index is 889. The van der Waals surface area contributed by atoms with Crippen molar-refractivity contribution < 1.29 is 9.21 Å². The molecule has 0 spiro atoms. The number of nitrogens with one attached hydrogen (secondary N) is 2. The van der Waals surface area contributed by atoms with Crippen LogP contribution in [0.3, 0.4) is 0 Å². The van der Waals surface area contributed by atoms with Gasteiger partial charge in [-0.25, -0.2) is 0 Å². The van der Waals surface area contributed by atoms with Gasteiger partial charge in [-0.2, -0.15) is 4.98 Å². The van der Waals surface area contributed by atoms with Gasteiger partial charge in [0.15, 0.2) is 5.58 Å². The number of fused-ring (bicyclic) bond motifs is 3. The van der Waals surface area contributed by atoms with Crippen molar-refractivity contribution in [1.82, 2.24) is 20.5 Å². The lowest BCUT2D eigenvalue weighted by atomic mass is 9.82. The number of amides is 1. The van der Waals surface area contributed by atoms with Gasteiger partial charge in [0.05, 0.1) is 5.56 Å². The van der Waals surface area contributed by atoms with E-state index in [0.29, 0.717) is 40.8 Å². The molecule has 1 aromatic heterocycles. The van der Waals surface area contributed by atoms with E-state index < -0.39 is 0 Å². The Kier molecular flexibility index (Phi) is 6.23. The molecule has 3 aliphatic heterocycles. The molecule has 3 saturated heterocycles. The summed E-state index contributed by atoms with van der Waals surface area (Å²) in [7, 11) is 2.24. The third kappa shape index (κ3) is 3.90. The van der Waals surface area contributed by atoms with Crippen LogP contribution in [0.25, 0.3) is 11.1 Å². The zero-order valence-corrected chi connectivity index (χ0v) is 18.6. The van der Waals surface area contributed by atoms with E-state index in [9.17, 15) is 4.79 Å². The van der Waals surface area contributed by atoms with Crippen molar-refractivity contribution in [1.29, 1.82) is 0 Å². The van der Waals surface area contributed by atoms with Crippen LogP contribution in [0.4, 0.5) is 6.01 Å². The minimum atomic E-state index is -0.0311. The number of hydrogen-bond donors (Lipinski definition) is 2. The van der Waals surface area contributed by atoms with E-state index >= 15 is 0 Å². The van der Waals surface area contributed by atoms with E-state index in [1.165, 1.54) is 19.3 Å². The van der Waals surface area contributed by atoms with Crippen LogP contribution in [0.2, 0.25) is 0 Å². The largest absolute Gasteiger partial charge is 0.423 e. The van der Waals surface area contributed by atoms with Crippen LogP contribution in [-0.4, -0.2) is 66.6 Å². The van der Waals surface area contributed by atoms with E-state index in [1.54, 1.807) is 0 Å². The number of halogens is 1. The molecule has 164 valence electrons. The summed E-state index contributed by atoms with van der Waals surface area (Å²) in [5, 5.41) is 6.69. The Morgan fingerprint density at radius 1 is 1.27 bits per heavy atom. The van der Waals surface area contributed by atoms with Crippen LogP contribution in [0, 0.1) is 0 Å². The highest BCUT2D eigenvalue weighted by Crippen LogP contribution is 2.33. The second-order valence-corrected chi connectivity index (χ2v) is 8.94.